The average Bonchev–Trinajstić information content (AvgIpc) is 3.00. The summed E-state index contributed by atoms with van der Waals surface area (Å²) in [5, 5.41) is 1.39. The lowest BCUT2D eigenvalue weighted by Crippen LogP contribution is -2.17. The van der Waals surface area contributed by atoms with Gasteiger partial charge in [0.1, 0.15) is 5.39 Å². The summed E-state index contributed by atoms with van der Waals surface area (Å²) >= 11 is 1.27. The van der Waals surface area contributed by atoms with Crippen molar-refractivity contribution in [2.75, 3.05) is 13.2 Å². The maximum Gasteiger partial charge on any atom is 0.352 e. The van der Waals surface area contributed by atoms with E-state index in [0.717, 1.165) is 28.4 Å². The number of esters is 1. The van der Waals surface area contributed by atoms with Crippen LogP contribution in [-0.2, 0) is 11.8 Å². The molecule has 0 spiro atoms. The number of thiophene rings is 1. The second-order valence-electron chi connectivity index (χ2n) is 5.77. The van der Waals surface area contributed by atoms with E-state index in [-0.39, 0.29) is 12.2 Å². The molecule has 0 saturated heterocycles. The average molecular weight is 359 g/mol. The predicted molar refractivity (Wildman–Crippen MR) is 101 cm³/mol. The molecule has 0 saturated carbocycles. The van der Waals surface area contributed by atoms with Gasteiger partial charge in [-0.2, -0.15) is 0 Å². The van der Waals surface area contributed by atoms with E-state index in [1.807, 2.05) is 24.3 Å². The van der Waals surface area contributed by atoms with Crippen molar-refractivity contribution >= 4 is 38.3 Å². The zero-order valence-corrected chi connectivity index (χ0v) is 15.4. The number of carbonyl (C=O) groups is 1. The molecule has 1 aromatic carbocycles. The quantitative estimate of drug-likeness (QED) is 0.491. The molecule has 0 N–H and O–H groups in total. The Balaban J connectivity index is 2.33. The van der Waals surface area contributed by atoms with Crippen LogP contribution >= 0.6 is 11.3 Å². The summed E-state index contributed by atoms with van der Waals surface area (Å²) in [7, 11) is 1.74. The molecule has 5 nitrogen and oxygen atoms in total. The lowest BCUT2D eigenvalue weighted by atomic mass is 10.1. The Hall–Kier alpha value is -2.34. The molecular weight excluding hydrogens is 338 g/mol. The van der Waals surface area contributed by atoms with Gasteiger partial charge in [-0.3, -0.25) is 4.79 Å². The van der Waals surface area contributed by atoms with E-state index in [2.05, 4.69) is 6.92 Å². The van der Waals surface area contributed by atoms with Crippen LogP contribution in [0.3, 0.4) is 0 Å². The minimum Gasteiger partial charge on any atom is -0.491 e. The van der Waals surface area contributed by atoms with Crippen LogP contribution in [0.25, 0.3) is 21.0 Å². The first-order valence-corrected chi connectivity index (χ1v) is 9.25. The van der Waals surface area contributed by atoms with Gasteiger partial charge >= 0.3 is 5.97 Å². The molecule has 3 rings (SSSR count). The first-order valence-electron chi connectivity index (χ1n) is 8.44. The molecule has 0 atom stereocenters. The SMILES string of the molecule is CCCCOc1c(C(=O)OCC)sc2c1c(=O)n(C)c1ccccc21. The van der Waals surface area contributed by atoms with Crippen molar-refractivity contribution in [3.05, 3.63) is 39.5 Å². The van der Waals surface area contributed by atoms with E-state index in [9.17, 15) is 9.59 Å². The summed E-state index contributed by atoms with van der Waals surface area (Å²) in [4.78, 5) is 25.7. The van der Waals surface area contributed by atoms with Crippen LogP contribution in [-0.4, -0.2) is 23.8 Å². The summed E-state index contributed by atoms with van der Waals surface area (Å²) in [6, 6.07) is 7.68. The number of pyridine rings is 1. The highest BCUT2D eigenvalue weighted by atomic mass is 32.1. The van der Waals surface area contributed by atoms with Gasteiger partial charge in [-0.15, -0.1) is 11.3 Å². The van der Waals surface area contributed by atoms with Crippen LogP contribution in [0.2, 0.25) is 0 Å². The van der Waals surface area contributed by atoms with E-state index < -0.39 is 5.97 Å². The number of hydrogen-bond donors (Lipinski definition) is 0. The van der Waals surface area contributed by atoms with E-state index >= 15 is 0 Å². The van der Waals surface area contributed by atoms with Gasteiger partial charge in [0.15, 0.2) is 10.6 Å². The number of nitrogens with zero attached hydrogens (tertiary/aromatic N) is 1. The Morgan fingerprint density at radius 1 is 1.24 bits per heavy atom. The normalized spacial score (nSPS) is 11.2. The first-order chi connectivity index (χ1) is 12.1. The summed E-state index contributed by atoms with van der Waals surface area (Å²) in [5.74, 6) is -0.0837. The summed E-state index contributed by atoms with van der Waals surface area (Å²) in [6.07, 6.45) is 1.82. The highest BCUT2D eigenvalue weighted by molar-refractivity contribution is 7.22. The van der Waals surface area contributed by atoms with Gasteiger partial charge in [-0.1, -0.05) is 31.5 Å². The van der Waals surface area contributed by atoms with Crippen LogP contribution in [0.15, 0.2) is 29.1 Å². The summed E-state index contributed by atoms with van der Waals surface area (Å²) < 4.78 is 13.4. The molecule has 0 radical (unpaired) electrons. The van der Waals surface area contributed by atoms with Gasteiger partial charge in [0.2, 0.25) is 0 Å². The largest absolute Gasteiger partial charge is 0.491 e. The predicted octanol–water partition coefficient (Wildman–Crippen LogP) is 4.11. The molecule has 0 amide bonds. The molecule has 2 heterocycles. The van der Waals surface area contributed by atoms with Crippen LogP contribution in [0, 0.1) is 0 Å². The first kappa shape index (κ1) is 17.5. The third-order valence-electron chi connectivity index (χ3n) is 4.10. The number of aromatic nitrogens is 1. The number of benzene rings is 1. The van der Waals surface area contributed by atoms with Gasteiger partial charge in [-0.25, -0.2) is 4.79 Å². The minimum absolute atomic E-state index is 0.160. The number of aryl methyl sites for hydroxylation is 1. The van der Waals surface area contributed by atoms with E-state index in [4.69, 9.17) is 9.47 Å². The molecule has 0 unspecified atom stereocenters. The molecule has 132 valence electrons. The molecule has 6 heteroatoms. The smallest absolute Gasteiger partial charge is 0.352 e. The van der Waals surface area contributed by atoms with Crippen molar-refractivity contribution in [2.24, 2.45) is 7.05 Å². The summed E-state index contributed by atoms with van der Waals surface area (Å²) in [5.41, 5.74) is 0.670. The highest BCUT2D eigenvalue weighted by Crippen LogP contribution is 2.40. The third-order valence-corrected chi connectivity index (χ3v) is 5.28. The minimum atomic E-state index is -0.443. The molecule has 25 heavy (non-hydrogen) atoms. The van der Waals surface area contributed by atoms with Crippen molar-refractivity contribution in [2.45, 2.75) is 26.7 Å². The second kappa shape index (κ2) is 7.27. The van der Waals surface area contributed by atoms with Crippen LogP contribution in [0.4, 0.5) is 0 Å². The van der Waals surface area contributed by atoms with Gasteiger partial charge in [0.05, 0.1) is 23.4 Å². The molecule has 0 aliphatic heterocycles. The number of carbonyl (C=O) groups excluding carboxylic acids is 1. The Bertz CT molecular complexity index is 986. The fourth-order valence-electron chi connectivity index (χ4n) is 2.82. The Morgan fingerprint density at radius 3 is 2.72 bits per heavy atom. The number of para-hydroxylation sites is 1. The fraction of sp³-hybridized carbons (Fsp3) is 0.368. The third kappa shape index (κ3) is 3.02. The number of ether oxygens (including phenoxy) is 2. The van der Waals surface area contributed by atoms with Crippen LogP contribution in [0.1, 0.15) is 36.4 Å². The lowest BCUT2D eigenvalue weighted by molar-refractivity contribution is 0.0528. The van der Waals surface area contributed by atoms with Crippen LogP contribution in [0.5, 0.6) is 5.75 Å². The van der Waals surface area contributed by atoms with E-state index in [1.54, 1.807) is 18.5 Å². The van der Waals surface area contributed by atoms with Crippen molar-refractivity contribution in [3.8, 4) is 5.75 Å². The van der Waals surface area contributed by atoms with Crippen molar-refractivity contribution in [3.63, 3.8) is 0 Å². The second-order valence-corrected chi connectivity index (χ2v) is 6.79. The highest BCUT2D eigenvalue weighted by Gasteiger charge is 2.25. The zero-order valence-electron chi connectivity index (χ0n) is 14.6. The van der Waals surface area contributed by atoms with E-state index in [0.29, 0.717) is 22.6 Å². The lowest BCUT2D eigenvalue weighted by Gasteiger charge is -2.09. The number of rotatable bonds is 6. The molecule has 2 aromatic heterocycles. The maximum atomic E-state index is 12.9. The molecule has 0 aliphatic rings. The van der Waals surface area contributed by atoms with Gasteiger partial charge < -0.3 is 14.0 Å². The topological polar surface area (TPSA) is 57.5 Å². The van der Waals surface area contributed by atoms with Crippen molar-refractivity contribution in [1.82, 2.24) is 4.57 Å². The molecular formula is C19H21NO4S. The Kier molecular flexibility index (Phi) is 5.08. The van der Waals surface area contributed by atoms with Crippen LogP contribution < -0.4 is 10.3 Å². The van der Waals surface area contributed by atoms with E-state index in [1.165, 1.54) is 11.3 Å². The summed E-state index contributed by atoms with van der Waals surface area (Å²) in [6.45, 7) is 4.57. The molecule has 0 fully saturated rings. The van der Waals surface area contributed by atoms with Gasteiger partial charge in [0, 0.05) is 12.4 Å². The Labute approximate surface area is 149 Å². The number of fused-ring (bicyclic) bond motifs is 3. The Morgan fingerprint density at radius 2 is 2.00 bits per heavy atom. The zero-order chi connectivity index (χ0) is 18.0. The number of hydrogen-bond acceptors (Lipinski definition) is 5. The van der Waals surface area contributed by atoms with Crippen molar-refractivity contribution in [1.29, 1.82) is 0 Å². The molecule has 0 aliphatic carbocycles. The van der Waals surface area contributed by atoms with Gasteiger partial charge in [-0.05, 0) is 19.4 Å². The van der Waals surface area contributed by atoms with Gasteiger partial charge in [0.25, 0.3) is 5.56 Å². The standard InChI is InChI=1S/C19H21NO4S/c1-4-6-11-24-15-14-16(25-17(15)19(22)23-5-2)12-9-7-8-10-13(12)20(3)18(14)21/h7-10H,4-6,11H2,1-3H3. The maximum absolute atomic E-state index is 12.9. The fourth-order valence-corrected chi connectivity index (χ4v) is 3.99. The molecule has 3 aromatic rings. The molecule has 0 bridgehead atoms. The van der Waals surface area contributed by atoms with Crippen molar-refractivity contribution < 1.29 is 14.3 Å². The monoisotopic (exact) mass is 359 g/mol. The number of unbranched alkanes of at least 4 members (excludes halogenated alkanes) is 1.